The zero-order chi connectivity index (χ0) is 13.7. The predicted octanol–water partition coefficient (Wildman–Crippen LogP) is 3.76. The molecule has 0 radical (unpaired) electrons. The van der Waals surface area contributed by atoms with E-state index in [1.807, 2.05) is 44.2 Å². The number of hydrogen-bond donors (Lipinski definition) is 1. The van der Waals surface area contributed by atoms with Crippen LogP contribution in [0.15, 0.2) is 48.5 Å². The summed E-state index contributed by atoms with van der Waals surface area (Å²) in [5.41, 5.74) is 1.10. The average Bonchev–Trinajstić information content (AvgIpc) is 2.40. The Morgan fingerprint density at radius 1 is 1.05 bits per heavy atom. The van der Waals surface area contributed by atoms with Crippen molar-refractivity contribution in [2.75, 3.05) is 0 Å². The first kappa shape index (κ1) is 13.3. The van der Waals surface area contributed by atoms with Gasteiger partial charge in [0.15, 0.2) is 11.5 Å². The maximum atomic E-state index is 9.69. The topological polar surface area (TPSA) is 38.7 Å². The predicted molar refractivity (Wildman–Crippen MR) is 74.6 cm³/mol. The van der Waals surface area contributed by atoms with E-state index in [1.54, 1.807) is 18.2 Å². The van der Waals surface area contributed by atoms with Crippen LogP contribution in [0.5, 0.6) is 17.2 Å². The van der Waals surface area contributed by atoms with Gasteiger partial charge in [0.2, 0.25) is 0 Å². The normalized spacial score (nSPS) is 10.5. The van der Waals surface area contributed by atoms with E-state index in [0.717, 1.165) is 5.56 Å². The van der Waals surface area contributed by atoms with Crippen LogP contribution in [-0.2, 0) is 6.61 Å². The Kier molecular flexibility index (Phi) is 4.29. The minimum atomic E-state index is 0.00951. The van der Waals surface area contributed by atoms with Crippen molar-refractivity contribution in [3.05, 3.63) is 54.1 Å². The Labute approximate surface area is 113 Å². The van der Waals surface area contributed by atoms with Gasteiger partial charge in [0.1, 0.15) is 12.4 Å². The number of rotatable bonds is 5. The van der Waals surface area contributed by atoms with E-state index in [4.69, 9.17) is 9.47 Å². The molecule has 0 aromatic heterocycles. The lowest BCUT2D eigenvalue weighted by molar-refractivity contribution is 0.229. The van der Waals surface area contributed by atoms with Crippen molar-refractivity contribution in [2.24, 2.45) is 0 Å². The van der Waals surface area contributed by atoms with Crippen molar-refractivity contribution in [3.8, 4) is 17.2 Å². The number of phenols is 1. The highest BCUT2D eigenvalue weighted by atomic mass is 16.5. The van der Waals surface area contributed by atoms with Gasteiger partial charge in [-0.2, -0.15) is 0 Å². The quantitative estimate of drug-likeness (QED) is 0.887. The van der Waals surface area contributed by atoms with Crippen LogP contribution in [0.4, 0.5) is 0 Å². The van der Waals surface area contributed by atoms with Crippen LogP contribution in [-0.4, -0.2) is 11.2 Å². The highest BCUT2D eigenvalue weighted by molar-refractivity contribution is 5.44. The van der Waals surface area contributed by atoms with E-state index in [2.05, 4.69) is 0 Å². The molecule has 0 aliphatic rings. The lowest BCUT2D eigenvalue weighted by Gasteiger charge is -2.13. The molecular formula is C16H18O3. The maximum Gasteiger partial charge on any atom is 0.164 e. The first-order valence-corrected chi connectivity index (χ1v) is 6.31. The van der Waals surface area contributed by atoms with Gasteiger partial charge in [0.05, 0.1) is 6.10 Å². The van der Waals surface area contributed by atoms with Crippen LogP contribution in [0, 0.1) is 0 Å². The SMILES string of the molecule is CC(C)Oc1cc(OCc2ccccc2)ccc1O. The number of ether oxygens (including phenoxy) is 2. The summed E-state index contributed by atoms with van der Waals surface area (Å²) in [4.78, 5) is 0. The lowest BCUT2D eigenvalue weighted by Crippen LogP contribution is -2.06. The molecule has 2 aromatic carbocycles. The fourth-order valence-electron chi connectivity index (χ4n) is 1.67. The molecule has 0 atom stereocenters. The molecule has 0 saturated carbocycles. The zero-order valence-corrected chi connectivity index (χ0v) is 11.2. The third kappa shape index (κ3) is 3.91. The van der Waals surface area contributed by atoms with Crippen LogP contribution >= 0.6 is 0 Å². The minimum Gasteiger partial charge on any atom is -0.504 e. The Morgan fingerprint density at radius 2 is 1.79 bits per heavy atom. The molecule has 2 rings (SSSR count). The zero-order valence-electron chi connectivity index (χ0n) is 11.2. The van der Waals surface area contributed by atoms with E-state index in [1.165, 1.54) is 0 Å². The van der Waals surface area contributed by atoms with Crippen LogP contribution in [0.25, 0.3) is 0 Å². The van der Waals surface area contributed by atoms with Crippen LogP contribution in [0.3, 0.4) is 0 Å². The van der Waals surface area contributed by atoms with Crippen molar-refractivity contribution in [1.29, 1.82) is 0 Å². The summed E-state index contributed by atoms with van der Waals surface area (Å²) in [7, 11) is 0. The fourth-order valence-corrected chi connectivity index (χ4v) is 1.67. The van der Waals surface area contributed by atoms with Crippen molar-refractivity contribution < 1.29 is 14.6 Å². The van der Waals surface area contributed by atoms with E-state index in [-0.39, 0.29) is 11.9 Å². The Balaban J connectivity index is 2.04. The van der Waals surface area contributed by atoms with Gasteiger partial charge in [-0.05, 0) is 31.5 Å². The highest BCUT2D eigenvalue weighted by Gasteiger charge is 2.06. The number of phenolic OH excluding ortho intramolecular Hbond substituents is 1. The summed E-state index contributed by atoms with van der Waals surface area (Å²) >= 11 is 0. The molecule has 0 unspecified atom stereocenters. The highest BCUT2D eigenvalue weighted by Crippen LogP contribution is 2.31. The second-order valence-electron chi connectivity index (χ2n) is 4.57. The second-order valence-corrected chi connectivity index (χ2v) is 4.57. The summed E-state index contributed by atoms with van der Waals surface area (Å²) in [6.45, 7) is 4.32. The van der Waals surface area contributed by atoms with Crippen LogP contribution in [0.1, 0.15) is 19.4 Å². The van der Waals surface area contributed by atoms with Gasteiger partial charge < -0.3 is 14.6 Å². The third-order valence-electron chi connectivity index (χ3n) is 2.54. The van der Waals surface area contributed by atoms with E-state index < -0.39 is 0 Å². The second kappa shape index (κ2) is 6.14. The van der Waals surface area contributed by atoms with Crippen LogP contribution < -0.4 is 9.47 Å². The van der Waals surface area contributed by atoms with Crippen molar-refractivity contribution in [1.82, 2.24) is 0 Å². The van der Waals surface area contributed by atoms with Gasteiger partial charge in [-0.1, -0.05) is 30.3 Å². The molecule has 0 aliphatic heterocycles. The van der Waals surface area contributed by atoms with Gasteiger partial charge in [-0.15, -0.1) is 0 Å². The first-order chi connectivity index (χ1) is 9.15. The molecule has 100 valence electrons. The van der Waals surface area contributed by atoms with Crippen LogP contribution in [0.2, 0.25) is 0 Å². The molecule has 0 saturated heterocycles. The first-order valence-electron chi connectivity index (χ1n) is 6.31. The summed E-state index contributed by atoms with van der Waals surface area (Å²) in [5, 5.41) is 9.69. The number of benzene rings is 2. The van der Waals surface area contributed by atoms with Gasteiger partial charge in [0, 0.05) is 6.07 Å². The molecule has 0 fully saturated rings. The molecular weight excluding hydrogens is 240 g/mol. The molecule has 19 heavy (non-hydrogen) atoms. The Morgan fingerprint density at radius 3 is 2.47 bits per heavy atom. The van der Waals surface area contributed by atoms with E-state index >= 15 is 0 Å². The Bertz CT molecular complexity index is 521. The summed E-state index contributed by atoms with van der Waals surface area (Å²) in [6.07, 6.45) is 0.00951. The van der Waals surface area contributed by atoms with E-state index in [0.29, 0.717) is 18.1 Å². The molecule has 3 nitrogen and oxygen atoms in total. The lowest BCUT2D eigenvalue weighted by atomic mass is 10.2. The maximum absolute atomic E-state index is 9.69. The van der Waals surface area contributed by atoms with Gasteiger partial charge in [-0.3, -0.25) is 0 Å². The van der Waals surface area contributed by atoms with E-state index in [9.17, 15) is 5.11 Å². The van der Waals surface area contributed by atoms with Crippen molar-refractivity contribution >= 4 is 0 Å². The molecule has 0 aliphatic carbocycles. The van der Waals surface area contributed by atoms with Crippen molar-refractivity contribution in [3.63, 3.8) is 0 Å². The standard InChI is InChI=1S/C16H18O3/c1-12(2)19-16-10-14(8-9-15(16)17)18-11-13-6-4-3-5-7-13/h3-10,12,17H,11H2,1-2H3. The molecule has 0 spiro atoms. The smallest absolute Gasteiger partial charge is 0.164 e. The molecule has 2 aromatic rings. The van der Waals surface area contributed by atoms with Gasteiger partial charge >= 0.3 is 0 Å². The molecule has 0 amide bonds. The summed E-state index contributed by atoms with van der Waals surface area (Å²) < 4.78 is 11.2. The fraction of sp³-hybridized carbons (Fsp3) is 0.250. The van der Waals surface area contributed by atoms with Gasteiger partial charge in [0.25, 0.3) is 0 Å². The monoisotopic (exact) mass is 258 g/mol. The third-order valence-corrected chi connectivity index (χ3v) is 2.54. The minimum absolute atomic E-state index is 0.00951. The molecule has 0 bridgehead atoms. The number of aromatic hydroxyl groups is 1. The largest absolute Gasteiger partial charge is 0.504 e. The molecule has 1 N–H and O–H groups in total. The van der Waals surface area contributed by atoms with Crippen molar-refractivity contribution in [2.45, 2.75) is 26.6 Å². The summed E-state index contributed by atoms with van der Waals surface area (Å²) in [6, 6.07) is 14.9. The summed E-state index contributed by atoms with van der Waals surface area (Å²) in [5.74, 6) is 1.25. The average molecular weight is 258 g/mol. The van der Waals surface area contributed by atoms with Gasteiger partial charge in [-0.25, -0.2) is 0 Å². The Hall–Kier alpha value is -2.16. The number of hydrogen-bond acceptors (Lipinski definition) is 3. The molecule has 3 heteroatoms. The molecule has 0 heterocycles.